The van der Waals surface area contributed by atoms with Gasteiger partial charge < -0.3 is 36.2 Å². The number of carbonyl (C=O) groups excluding carboxylic acids is 1. The molecule has 0 amide bonds. The summed E-state index contributed by atoms with van der Waals surface area (Å²) in [5.41, 5.74) is 5.31. The number of aliphatic hydroxyl groups is 2. The second-order valence-electron chi connectivity index (χ2n) is 4.88. The molecule has 0 aromatic heterocycles. The zero-order chi connectivity index (χ0) is 18.0. The van der Waals surface area contributed by atoms with Crippen molar-refractivity contribution in [3.05, 3.63) is 0 Å². The standard InChI is InChI=1S/C11H23N2O9P/c12-7(11(17)18)3-1-2-4-13-5-8(14)10(16)9(15)6-22-23(19,20)21/h7,9-10,13,15-16H,1-6,12H2,(H,17,18)(H2,19,20,21)/t7-,9+,10-/m0/s1. The minimum Gasteiger partial charge on any atom is -0.480 e. The average Bonchev–Trinajstić information content (AvgIpc) is 2.45. The molecule has 0 radical (unpaired) electrons. The van der Waals surface area contributed by atoms with Crippen molar-refractivity contribution >= 4 is 19.6 Å². The Labute approximate surface area is 132 Å². The number of rotatable bonds is 13. The lowest BCUT2D eigenvalue weighted by Gasteiger charge is -2.17. The van der Waals surface area contributed by atoms with Crippen molar-refractivity contribution < 1.29 is 43.8 Å². The first-order valence-electron chi connectivity index (χ1n) is 6.82. The Bertz CT molecular complexity index is 428. The van der Waals surface area contributed by atoms with Crippen molar-refractivity contribution in [3.63, 3.8) is 0 Å². The summed E-state index contributed by atoms with van der Waals surface area (Å²) >= 11 is 0. The molecule has 136 valence electrons. The maximum absolute atomic E-state index is 11.5. The highest BCUT2D eigenvalue weighted by Crippen LogP contribution is 2.35. The Balaban J connectivity index is 3.84. The number of carbonyl (C=O) groups is 2. The summed E-state index contributed by atoms with van der Waals surface area (Å²) in [4.78, 5) is 38.9. The van der Waals surface area contributed by atoms with Crippen molar-refractivity contribution in [1.82, 2.24) is 5.32 Å². The number of phosphoric ester groups is 1. The number of carboxylic acid groups (broad SMARTS) is 1. The number of phosphoric acid groups is 1. The van der Waals surface area contributed by atoms with Crippen molar-refractivity contribution in [3.8, 4) is 0 Å². The van der Waals surface area contributed by atoms with Crippen molar-refractivity contribution in [2.24, 2.45) is 5.73 Å². The van der Waals surface area contributed by atoms with E-state index in [0.717, 1.165) is 0 Å². The van der Waals surface area contributed by atoms with Gasteiger partial charge in [-0.1, -0.05) is 6.42 Å². The van der Waals surface area contributed by atoms with Gasteiger partial charge in [-0.2, -0.15) is 0 Å². The Hall–Kier alpha value is -0.910. The molecule has 12 heteroatoms. The fourth-order valence-electron chi connectivity index (χ4n) is 1.53. The molecule has 0 bridgehead atoms. The van der Waals surface area contributed by atoms with Crippen LogP contribution in [0, 0.1) is 0 Å². The Morgan fingerprint density at radius 1 is 1.22 bits per heavy atom. The number of aliphatic hydroxyl groups excluding tert-OH is 2. The van der Waals surface area contributed by atoms with Crippen LogP contribution in [-0.4, -0.2) is 74.8 Å². The summed E-state index contributed by atoms with van der Waals surface area (Å²) in [5.74, 6) is -1.85. The van der Waals surface area contributed by atoms with Crippen molar-refractivity contribution in [2.45, 2.75) is 37.5 Å². The molecule has 0 saturated carbocycles. The van der Waals surface area contributed by atoms with Gasteiger partial charge in [0, 0.05) is 0 Å². The van der Waals surface area contributed by atoms with Crippen LogP contribution in [0.4, 0.5) is 0 Å². The van der Waals surface area contributed by atoms with E-state index in [4.69, 9.17) is 20.6 Å². The second-order valence-corrected chi connectivity index (χ2v) is 6.12. The molecular weight excluding hydrogens is 335 g/mol. The third kappa shape index (κ3) is 11.3. The summed E-state index contributed by atoms with van der Waals surface area (Å²) in [6, 6.07) is -0.928. The molecule has 0 aromatic rings. The molecule has 0 heterocycles. The molecular formula is C11H23N2O9P. The SMILES string of the molecule is N[C@@H](CCCCNCC(=O)[C@H](O)[C@H](O)COP(=O)(O)O)C(=O)O. The number of nitrogens with one attached hydrogen (secondary N) is 1. The topological polar surface area (TPSA) is 200 Å². The van der Waals surface area contributed by atoms with E-state index in [-0.39, 0.29) is 6.54 Å². The van der Waals surface area contributed by atoms with Crippen LogP contribution in [0.25, 0.3) is 0 Å². The van der Waals surface area contributed by atoms with E-state index in [2.05, 4.69) is 9.84 Å². The van der Waals surface area contributed by atoms with Gasteiger partial charge in [0.25, 0.3) is 0 Å². The molecule has 8 N–H and O–H groups in total. The Kier molecular flexibility index (Phi) is 10.4. The minimum atomic E-state index is -4.79. The fourth-order valence-corrected chi connectivity index (χ4v) is 1.88. The summed E-state index contributed by atoms with van der Waals surface area (Å²) in [5, 5.41) is 30.1. The first-order chi connectivity index (χ1) is 10.5. The summed E-state index contributed by atoms with van der Waals surface area (Å²) in [6.07, 6.45) is -2.20. The van der Waals surface area contributed by atoms with Gasteiger partial charge >= 0.3 is 13.8 Å². The number of hydrogen-bond donors (Lipinski definition) is 7. The van der Waals surface area contributed by atoms with Gasteiger partial charge in [-0.05, 0) is 19.4 Å². The molecule has 0 aliphatic heterocycles. The number of Topliss-reactive ketones (excluding diaryl/α,β-unsaturated/α-hetero) is 1. The molecule has 0 aliphatic rings. The zero-order valence-electron chi connectivity index (χ0n) is 12.4. The van der Waals surface area contributed by atoms with Gasteiger partial charge in [0.15, 0.2) is 5.78 Å². The van der Waals surface area contributed by atoms with Crippen LogP contribution >= 0.6 is 7.82 Å². The molecule has 0 unspecified atom stereocenters. The molecule has 0 saturated heterocycles. The fraction of sp³-hybridized carbons (Fsp3) is 0.818. The summed E-state index contributed by atoms with van der Waals surface area (Å²) in [7, 11) is -4.79. The van der Waals surface area contributed by atoms with E-state index in [0.29, 0.717) is 25.8 Å². The number of carboxylic acids is 1. The number of unbranched alkanes of at least 4 members (excludes halogenated alkanes) is 1. The first kappa shape index (κ1) is 22.1. The normalized spacial score (nSPS) is 15.9. The third-order valence-electron chi connectivity index (χ3n) is 2.84. The quantitative estimate of drug-likeness (QED) is 0.136. The van der Waals surface area contributed by atoms with Crippen LogP contribution in [0.15, 0.2) is 0 Å². The molecule has 0 aromatic carbocycles. The van der Waals surface area contributed by atoms with Gasteiger partial charge in [-0.3, -0.25) is 14.1 Å². The van der Waals surface area contributed by atoms with Crippen molar-refractivity contribution in [1.29, 1.82) is 0 Å². The molecule has 3 atom stereocenters. The lowest BCUT2D eigenvalue weighted by atomic mass is 10.1. The smallest absolute Gasteiger partial charge is 0.469 e. The molecule has 0 aliphatic carbocycles. The van der Waals surface area contributed by atoms with E-state index in [1.807, 2.05) is 0 Å². The first-order valence-corrected chi connectivity index (χ1v) is 8.35. The summed E-state index contributed by atoms with van der Waals surface area (Å²) < 4.78 is 14.4. The predicted molar refractivity (Wildman–Crippen MR) is 77.3 cm³/mol. The van der Waals surface area contributed by atoms with Gasteiger partial charge in [0.2, 0.25) is 0 Å². The second kappa shape index (κ2) is 10.8. The van der Waals surface area contributed by atoms with Gasteiger partial charge in [-0.25, -0.2) is 4.57 Å². The largest absolute Gasteiger partial charge is 0.480 e. The molecule has 0 spiro atoms. The highest BCUT2D eigenvalue weighted by atomic mass is 31.2. The van der Waals surface area contributed by atoms with E-state index in [9.17, 15) is 24.4 Å². The zero-order valence-corrected chi connectivity index (χ0v) is 13.3. The Morgan fingerprint density at radius 3 is 2.35 bits per heavy atom. The molecule has 23 heavy (non-hydrogen) atoms. The maximum Gasteiger partial charge on any atom is 0.469 e. The Morgan fingerprint density at radius 2 is 1.83 bits per heavy atom. The monoisotopic (exact) mass is 358 g/mol. The molecule has 11 nitrogen and oxygen atoms in total. The highest BCUT2D eigenvalue weighted by molar-refractivity contribution is 7.46. The van der Waals surface area contributed by atoms with Gasteiger partial charge in [0.05, 0.1) is 13.2 Å². The number of aliphatic carboxylic acids is 1. The minimum absolute atomic E-state index is 0.265. The summed E-state index contributed by atoms with van der Waals surface area (Å²) in [6.45, 7) is -0.775. The van der Waals surface area contributed by atoms with Crippen LogP contribution in [0.3, 0.4) is 0 Å². The lowest BCUT2D eigenvalue weighted by molar-refractivity contribution is -0.138. The lowest BCUT2D eigenvalue weighted by Crippen LogP contribution is -2.41. The number of nitrogens with two attached hydrogens (primary N) is 1. The van der Waals surface area contributed by atoms with Gasteiger partial charge in [-0.15, -0.1) is 0 Å². The van der Waals surface area contributed by atoms with Gasteiger partial charge in [0.1, 0.15) is 18.2 Å². The van der Waals surface area contributed by atoms with E-state index in [1.54, 1.807) is 0 Å². The van der Waals surface area contributed by atoms with Crippen LogP contribution in [0.5, 0.6) is 0 Å². The van der Waals surface area contributed by atoms with E-state index < -0.39 is 44.4 Å². The van der Waals surface area contributed by atoms with Crippen LogP contribution in [0.1, 0.15) is 19.3 Å². The molecule has 0 rings (SSSR count). The number of hydrogen-bond acceptors (Lipinski definition) is 8. The maximum atomic E-state index is 11.5. The average molecular weight is 358 g/mol. The van der Waals surface area contributed by atoms with E-state index in [1.165, 1.54) is 0 Å². The third-order valence-corrected chi connectivity index (χ3v) is 3.33. The molecule has 0 fully saturated rings. The van der Waals surface area contributed by atoms with Crippen LogP contribution < -0.4 is 11.1 Å². The van der Waals surface area contributed by atoms with E-state index >= 15 is 0 Å². The highest BCUT2D eigenvalue weighted by Gasteiger charge is 2.26. The predicted octanol–water partition coefficient (Wildman–Crippen LogP) is -2.44. The van der Waals surface area contributed by atoms with Crippen LogP contribution in [0.2, 0.25) is 0 Å². The van der Waals surface area contributed by atoms with Crippen molar-refractivity contribution in [2.75, 3.05) is 19.7 Å². The van der Waals surface area contributed by atoms with Crippen LogP contribution in [-0.2, 0) is 18.7 Å². The number of ketones is 1.